The van der Waals surface area contributed by atoms with Crippen molar-refractivity contribution in [1.82, 2.24) is 24.8 Å². The number of nitrogens with one attached hydrogen (secondary N) is 1. The number of aliphatic hydroxyl groups excluding tert-OH is 1. The molecular weight excluding hydrogens is 408 g/mol. The number of anilines is 1. The Balaban J connectivity index is 1.92. The van der Waals surface area contributed by atoms with Gasteiger partial charge in [0.05, 0.1) is 0 Å². The summed E-state index contributed by atoms with van der Waals surface area (Å²) in [6.45, 7) is 5.95. The second-order valence-electron chi connectivity index (χ2n) is 6.48. The zero-order valence-corrected chi connectivity index (χ0v) is 17.1. The predicted molar refractivity (Wildman–Crippen MR) is 113 cm³/mol. The van der Waals surface area contributed by atoms with Gasteiger partial charge in [0, 0.05) is 18.0 Å². The average Bonchev–Trinajstić information content (AvgIpc) is 3.06. The number of phenolic OH excluding ortho intramolecular Hbond substituents is 2. The lowest BCUT2D eigenvalue weighted by Gasteiger charge is -2.11. The SMILES string of the molecule is C=Cc1cc(O)c(O)cc1Sc1nc2c(N)ncnc2n1CCCNC(=O)[C@H](C)O. The number of imidazole rings is 1. The van der Waals surface area contributed by atoms with Crippen LogP contribution in [0.4, 0.5) is 5.82 Å². The van der Waals surface area contributed by atoms with Crippen LogP contribution >= 0.6 is 11.8 Å². The van der Waals surface area contributed by atoms with Crippen molar-refractivity contribution in [3.8, 4) is 11.5 Å². The van der Waals surface area contributed by atoms with Crippen LogP contribution in [0.1, 0.15) is 18.9 Å². The number of amides is 1. The van der Waals surface area contributed by atoms with Crippen LogP contribution < -0.4 is 11.1 Å². The van der Waals surface area contributed by atoms with E-state index in [0.29, 0.717) is 46.3 Å². The number of benzene rings is 1. The lowest BCUT2D eigenvalue weighted by Crippen LogP contribution is -2.33. The maximum absolute atomic E-state index is 11.5. The number of aliphatic hydroxyl groups is 1. The average molecular weight is 430 g/mol. The van der Waals surface area contributed by atoms with Gasteiger partial charge in [-0.05, 0) is 31.0 Å². The van der Waals surface area contributed by atoms with Gasteiger partial charge in [0.15, 0.2) is 33.6 Å². The first kappa shape index (κ1) is 21.4. The summed E-state index contributed by atoms with van der Waals surface area (Å²) in [5, 5.41) is 32.1. The van der Waals surface area contributed by atoms with E-state index in [1.807, 2.05) is 4.57 Å². The van der Waals surface area contributed by atoms with Crippen molar-refractivity contribution in [2.45, 2.75) is 36.0 Å². The van der Waals surface area contributed by atoms with Crippen molar-refractivity contribution in [3.63, 3.8) is 0 Å². The van der Waals surface area contributed by atoms with E-state index in [1.54, 1.807) is 6.08 Å². The number of carbonyl (C=O) groups is 1. The Hall–Kier alpha value is -3.31. The molecule has 0 aliphatic rings. The molecule has 30 heavy (non-hydrogen) atoms. The molecule has 11 heteroatoms. The fourth-order valence-electron chi connectivity index (χ4n) is 2.73. The second-order valence-corrected chi connectivity index (χ2v) is 7.49. The third-order valence-corrected chi connectivity index (χ3v) is 5.36. The molecule has 0 saturated heterocycles. The molecule has 0 unspecified atom stereocenters. The Bertz CT molecular complexity index is 1100. The van der Waals surface area contributed by atoms with E-state index >= 15 is 0 Å². The van der Waals surface area contributed by atoms with Gasteiger partial charge in [-0.25, -0.2) is 15.0 Å². The Morgan fingerprint density at radius 1 is 1.37 bits per heavy atom. The van der Waals surface area contributed by atoms with Gasteiger partial charge in [-0.3, -0.25) is 4.79 Å². The summed E-state index contributed by atoms with van der Waals surface area (Å²) in [5.41, 5.74) is 7.55. The summed E-state index contributed by atoms with van der Waals surface area (Å²) in [6, 6.07) is 2.84. The van der Waals surface area contributed by atoms with Crippen molar-refractivity contribution in [2.24, 2.45) is 0 Å². The first-order valence-corrected chi connectivity index (χ1v) is 9.92. The quantitative estimate of drug-likeness (QED) is 0.263. The van der Waals surface area contributed by atoms with E-state index in [-0.39, 0.29) is 17.3 Å². The maximum atomic E-state index is 11.5. The number of nitrogen functional groups attached to an aromatic ring is 1. The molecular formula is C19H22N6O4S. The zero-order valence-electron chi connectivity index (χ0n) is 16.2. The molecule has 158 valence electrons. The van der Waals surface area contributed by atoms with Crippen molar-refractivity contribution in [1.29, 1.82) is 0 Å². The van der Waals surface area contributed by atoms with Crippen molar-refractivity contribution >= 4 is 40.7 Å². The number of fused-ring (bicyclic) bond motifs is 1. The summed E-state index contributed by atoms with van der Waals surface area (Å²) < 4.78 is 1.84. The summed E-state index contributed by atoms with van der Waals surface area (Å²) in [5.74, 6) is -0.708. The molecule has 0 bridgehead atoms. The number of carbonyl (C=O) groups excluding carboxylic acids is 1. The van der Waals surface area contributed by atoms with Gasteiger partial charge in [-0.15, -0.1) is 0 Å². The normalized spacial score (nSPS) is 12.1. The number of phenols is 2. The number of nitrogens with zero attached hydrogens (tertiary/aromatic N) is 4. The van der Waals surface area contributed by atoms with E-state index in [1.165, 1.54) is 37.1 Å². The zero-order chi connectivity index (χ0) is 21.8. The van der Waals surface area contributed by atoms with Crippen molar-refractivity contribution in [3.05, 3.63) is 30.6 Å². The predicted octanol–water partition coefficient (Wildman–Crippen LogP) is 1.50. The molecule has 2 aromatic heterocycles. The highest BCUT2D eigenvalue weighted by Crippen LogP contribution is 2.38. The number of hydrogen-bond donors (Lipinski definition) is 5. The fourth-order valence-corrected chi connectivity index (χ4v) is 3.78. The summed E-state index contributed by atoms with van der Waals surface area (Å²) in [6.07, 6.45) is 2.39. The Kier molecular flexibility index (Phi) is 6.43. The molecule has 10 nitrogen and oxygen atoms in total. The molecule has 1 aromatic carbocycles. The molecule has 1 atom stereocenters. The Morgan fingerprint density at radius 3 is 2.80 bits per heavy atom. The number of aromatic nitrogens is 4. The Morgan fingerprint density at radius 2 is 2.10 bits per heavy atom. The van der Waals surface area contributed by atoms with E-state index in [9.17, 15) is 20.1 Å². The maximum Gasteiger partial charge on any atom is 0.248 e. The summed E-state index contributed by atoms with van der Waals surface area (Å²) in [4.78, 5) is 25.0. The van der Waals surface area contributed by atoms with Gasteiger partial charge in [0.1, 0.15) is 12.4 Å². The van der Waals surface area contributed by atoms with E-state index in [4.69, 9.17) is 5.73 Å². The smallest absolute Gasteiger partial charge is 0.248 e. The monoisotopic (exact) mass is 430 g/mol. The molecule has 0 fully saturated rings. The number of aromatic hydroxyl groups is 2. The van der Waals surface area contributed by atoms with Crippen LogP contribution in [0.15, 0.2) is 35.1 Å². The highest BCUT2D eigenvalue weighted by molar-refractivity contribution is 7.99. The minimum Gasteiger partial charge on any atom is -0.504 e. The molecule has 3 aromatic rings. The van der Waals surface area contributed by atoms with Gasteiger partial charge < -0.3 is 30.9 Å². The molecule has 0 radical (unpaired) electrons. The van der Waals surface area contributed by atoms with E-state index in [2.05, 4.69) is 26.8 Å². The van der Waals surface area contributed by atoms with Gasteiger partial charge >= 0.3 is 0 Å². The summed E-state index contributed by atoms with van der Waals surface area (Å²) in [7, 11) is 0. The standard InChI is InChI=1S/C19H22N6O4S/c1-3-11-7-12(27)13(28)8-14(11)30-19-24-15-16(20)22-9-23-17(15)25(19)6-4-5-21-18(29)10(2)26/h3,7-10,26-28H,1,4-6H2,2H3,(H,21,29)(H2,20,22,23)/t10-/m0/s1. The number of aryl methyl sites for hydroxylation is 1. The summed E-state index contributed by atoms with van der Waals surface area (Å²) >= 11 is 1.25. The first-order chi connectivity index (χ1) is 14.3. The molecule has 6 N–H and O–H groups in total. The van der Waals surface area contributed by atoms with Crippen LogP contribution in [0.3, 0.4) is 0 Å². The second kappa shape index (κ2) is 9.01. The van der Waals surface area contributed by atoms with E-state index < -0.39 is 12.0 Å². The minimum absolute atomic E-state index is 0.237. The molecule has 0 saturated carbocycles. The van der Waals surface area contributed by atoms with Gasteiger partial charge in [0.2, 0.25) is 5.91 Å². The lowest BCUT2D eigenvalue weighted by molar-refractivity contribution is -0.128. The van der Waals surface area contributed by atoms with Crippen LogP contribution in [0.5, 0.6) is 11.5 Å². The minimum atomic E-state index is -1.07. The largest absolute Gasteiger partial charge is 0.504 e. The lowest BCUT2D eigenvalue weighted by atomic mass is 10.2. The third-order valence-electron chi connectivity index (χ3n) is 4.29. The molecule has 1 amide bonds. The van der Waals surface area contributed by atoms with E-state index in [0.717, 1.165) is 0 Å². The van der Waals surface area contributed by atoms with Crippen LogP contribution in [0, 0.1) is 0 Å². The number of hydrogen-bond acceptors (Lipinski definition) is 9. The van der Waals surface area contributed by atoms with Crippen molar-refractivity contribution < 1.29 is 20.1 Å². The van der Waals surface area contributed by atoms with Crippen LogP contribution in [0.2, 0.25) is 0 Å². The third kappa shape index (κ3) is 4.47. The van der Waals surface area contributed by atoms with Gasteiger partial charge in [0.25, 0.3) is 0 Å². The highest BCUT2D eigenvalue weighted by atomic mass is 32.2. The highest BCUT2D eigenvalue weighted by Gasteiger charge is 2.18. The van der Waals surface area contributed by atoms with Gasteiger partial charge in [-0.1, -0.05) is 24.4 Å². The molecule has 0 spiro atoms. The fraction of sp³-hybridized carbons (Fsp3) is 0.263. The topological polar surface area (TPSA) is 159 Å². The molecule has 2 heterocycles. The molecule has 0 aliphatic heterocycles. The van der Waals surface area contributed by atoms with Crippen molar-refractivity contribution in [2.75, 3.05) is 12.3 Å². The number of rotatable bonds is 8. The van der Waals surface area contributed by atoms with Gasteiger partial charge in [-0.2, -0.15) is 0 Å². The first-order valence-electron chi connectivity index (χ1n) is 9.10. The van der Waals surface area contributed by atoms with Crippen LogP contribution in [-0.4, -0.2) is 53.4 Å². The van der Waals surface area contributed by atoms with Crippen LogP contribution in [-0.2, 0) is 11.3 Å². The molecule has 0 aliphatic carbocycles. The number of nitrogens with two attached hydrogens (primary N) is 1. The molecule has 3 rings (SSSR count). The Labute approximate surface area is 176 Å². The van der Waals surface area contributed by atoms with Crippen LogP contribution in [0.25, 0.3) is 17.2 Å².